The monoisotopic (exact) mass is 300 g/mol. The van der Waals surface area contributed by atoms with E-state index in [-0.39, 0.29) is 30.2 Å². The van der Waals surface area contributed by atoms with Crippen molar-refractivity contribution in [3.8, 4) is 0 Å². The molecule has 1 aromatic rings. The minimum Gasteiger partial charge on any atom is -0.391 e. The highest BCUT2D eigenvalue weighted by molar-refractivity contribution is 9.10. The molecular formula is C10H9BrN2O4. The third-order valence-electron chi connectivity index (χ3n) is 2.54. The van der Waals surface area contributed by atoms with Crippen LogP contribution >= 0.6 is 15.9 Å². The molecule has 1 saturated heterocycles. The fraction of sp³-hybridized carbons (Fsp3) is 0.300. The van der Waals surface area contributed by atoms with Crippen LogP contribution in [0.15, 0.2) is 22.7 Å². The number of rotatable bonds is 2. The summed E-state index contributed by atoms with van der Waals surface area (Å²) in [6.07, 6.45) is -0.759. The maximum Gasteiger partial charge on any atom is 0.307 e. The van der Waals surface area contributed by atoms with E-state index in [0.29, 0.717) is 4.47 Å². The fourth-order valence-corrected chi connectivity index (χ4v) is 2.32. The Morgan fingerprint density at radius 1 is 1.53 bits per heavy atom. The minimum atomic E-state index is -0.763. The third kappa shape index (κ3) is 2.16. The van der Waals surface area contributed by atoms with E-state index in [0.717, 1.165) is 0 Å². The van der Waals surface area contributed by atoms with Crippen molar-refractivity contribution in [2.75, 3.05) is 11.4 Å². The number of carbonyl (C=O) groups excluding carboxylic acids is 1. The molecule has 1 fully saturated rings. The van der Waals surface area contributed by atoms with Crippen molar-refractivity contribution in [2.24, 2.45) is 0 Å². The van der Waals surface area contributed by atoms with Gasteiger partial charge in [-0.2, -0.15) is 0 Å². The van der Waals surface area contributed by atoms with E-state index in [2.05, 4.69) is 15.9 Å². The number of nitro groups is 1. The van der Waals surface area contributed by atoms with Crippen molar-refractivity contribution in [3.63, 3.8) is 0 Å². The molecule has 17 heavy (non-hydrogen) atoms. The number of aliphatic hydroxyl groups is 1. The predicted octanol–water partition coefficient (Wildman–Crippen LogP) is 1.45. The summed E-state index contributed by atoms with van der Waals surface area (Å²) in [5.41, 5.74) is 0.0564. The van der Waals surface area contributed by atoms with E-state index >= 15 is 0 Å². The van der Waals surface area contributed by atoms with Crippen molar-refractivity contribution in [3.05, 3.63) is 32.8 Å². The van der Waals surface area contributed by atoms with Crippen LogP contribution in [0.3, 0.4) is 0 Å². The highest BCUT2D eigenvalue weighted by Crippen LogP contribution is 2.36. The Kier molecular flexibility index (Phi) is 3.12. The molecule has 1 unspecified atom stereocenters. The van der Waals surface area contributed by atoms with Gasteiger partial charge in [0, 0.05) is 0 Å². The van der Waals surface area contributed by atoms with Crippen LogP contribution in [0.5, 0.6) is 0 Å². The molecule has 1 aromatic carbocycles. The standard InChI is InChI=1S/C10H9BrN2O4/c11-7-2-1-3-8(10(7)13(16)17)12-5-6(14)4-9(12)15/h1-3,6,14H,4-5H2. The van der Waals surface area contributed by atoms with Gasteiger partial charge in [-0.3, -0.25) is 14.9 Å². The number of amides is 1. The van der Waals surface area contributed by atoms with E-state index in [1.54, 1.807) is 12.1 Å². The number of benzene rings is 1. The third-order valence-corrected chi connectivity index (χ3v) is 3.18. The molecule has 0 radical (unpaired) electrons. The zero-order valence-corrected chi connectivity index (χ0v) is 10.3. The molecule has 0 bridgehead atoms. The van der Waals surface area contributed by atoms with Crippen molar-refractivity contribution in [1.29, 1.82) is 0 Å². The molecule has 1 aliphatic rings. The van der Waals surface area contributed by atoms with Crippen molar-refractivity contribution in [2.45, 2.75) is 12.5 Å². The Bertz CT molecular complexity index is 491. The van der Waals surface area contributed by atoms with E-state index in [4.69, 9.17) is 0 Å². The van der Waals surface area contributed by atoms with E-state index < -0.39 is 11.0 Å². The second-order valence-electron chi connectivity index (χ2n) is 3.73. The number of β-amino-alcohol motifs (C(OH)–C–C–N with tert-alkyl or cyclic N) is 1. The molecule has 0 aliphatic carbocycles. The number of hydrogen-bond donors (Lipinski definition) is 1. The maximum absolute atomic E-state index is 11.6. The van der Waals surface area contributed by atoms with Gasteiger partial charge in [-0.1, -0.05) is 6.07 Å². The SMILES string of the molecule is O=C1CC(O)CN1c1cccc(Br)c1[N+](=O)[O-]. The van der Waals surface area contributed by atoms with Crippen LogP contribution in [0, 0.1) is 10.1 Å². The summed E-state index contributed by atoms with van der Waals surface area (Å²) in [7, 11) is 0. The zero-order chi connectivity index (χ0) is 12.6. The van der Waals surface area contributed by atoms with Gasteiger partial charge in [-0.05, 0) is 28.1 Å². The number of halogens is 1. The maximum atomic E-state index is 11.6. The first-order valence-corrected chi connectivity index (χ1v) is 5.71. The van der Waals surface area contributed by atoms with Gasteiger partial charge in [0.05, 0.1) is 28.5 Å². The summed E-state index contributed by atoms with van der Waals surface area (Å²) >= 11 is 3.09. The van der Waals surface area contributed by atoms with Gasteiger partial charge >= 0.3 is 5.69 Å². The van der Waals surface area contributed by atoms with Gasteiger partial charge in [0.1, 0.15) is 5.69 Å². The Morgan fingerprint density at radius 2 is 2.24 bits per heavy atom. The predicted molar refractivity (Wildman–Crippen MR) is 63.8 cm³/mol. The van der Waals surface area contributed by atoms with E-state index in [1.807, 2.05) is 0 Å². The first-order chi connectivity index (χ1) is 8.00. The molecule has 0 aromatic heterocycles. The summed E-state index contributed by atoms with van der Waals surface area (Å²) in [4.78, 5) is 23.3. The number of nitro benzene ring substituents is 1. The smallest absolute Gasteiger partial charge is 0.307 e. The van der Waals surface area contributed by atoms with Gasteiger partial charge in [0.15, 0.2) is 0 Å². The Balaban J connectivity index is 2.49. The second-order valence-corrected chi connectivity index (χ2v) is 4.58. The van der Waals surface area contributed by atoms with Crippen LogP contribution in [-0.2, 0) is 4.79 Å². The number of nitrogens with zero attached hydrogens (tertiary/aromatic N) is 2. The molecule has 6 nitrogen and oxygen atoms in total. The summed E-state index contributed by atoms with van der Waals surface area (Å²) in [6, 6.07) is 4.65. The molecule has 0 spiro atoms. The summed E-state index contributed by atoms with van der Waals surface area (Å²) < 4.78 is 0.314. The Morgan fingerprint density at radius 3 is 2.76 bits per heavy atom. The molecule has 0 saturated carbocycles. The van der Waals surface area contributed by atoms with Crippen LogP contribution in [0.1, 0.15) is 6.42 Å². The second kappa shape index (κ2) is 4.42. The van der Waals surface area contributed by atoms with Gasteiger partial charge in [-0.15, -0.1) is 0 Å². The molecule has 1 N–H and O–H groups in total. The summed E-state index contributed by atoms with van der Waals surface area (Å²) in [5, 5.41) is 20.3. The molecule has 1 aliphatic heterocycles. The van der Waals surface area contributed by atoms with Crippen molar-refractivity contribution < 1.29 is 14.8 Å². The van der Waals surface area contributed by atoms with Gasteiger partial charge in [0.25, 0.3) is 0 Å². The molecule has 1 amide bonds. The zero-order valence-electron chi connectivity index (χ0n) is 8.67. The Labute approximate surface area is 105 Å². The lowest BCUT2D eigenvalue weighted by Gasteiger charge is -2.16. The van der Waals surface area contributed by atoms with Gasteiger partial charge < -0.3 is 10.0 Å². The first-order valence-electron chi connectivity index (χ1n) is 4.92. The molecule has 90 valence electrons. The van der Waals surface area contributed by atoms with Crippen LogP contribution in [-0.4, -0.2) is 28.6 Å². The topological polar surface area (TPSA) is 83.7 Å². The summed E-state index contributed by atoms with van der Waals surface area (Å²) in [5.74, 6) is -0.307. The molecule has 1 atom stereocenters. The minimum absolute atomic E-state index is 0.00364. The number of aliphatic hydroxyl groups excluding tert-OH is 1. The molecule has 1 heterocycles. The molecular weight excluding hydrogens is 292 g/mol. The largest absolute Gasteiger partial charge is 0.391 e. The highest BCUT2D eigenvalue weighted by atomic mass is 79.9. The lowest BCUT2D eigenvalue weighted by atomic mass is 10.2. The fourth-order valence-electron chi connectivity index (χ4n) is 1.82. The number of anilines is 1. The van der Waals surface area contributed by atoms with Crippen LogP contribution in [0.4, 0.5) is 11.4 Å². The van der Waals surface area contributed by atoms with E-state index in [1.165, 1.54) is 11.0 Å². The van der Waals surface area contributed by atoms with Gasteiger partial charge in [-0.25, -0.2) is 0 Å². The number of carbonyl (C=O) groups is 1. The quantitative estimate of drug-likeness (QED) is 0.662. The van der Waals surface area contributed by atoms with Gasteiger partial charge in [0.2, 0.25) is 5.91 Å². The average Bonchev–Trinajstić information content (AvgIpc) is 2.56. The van der Waals surface area contributed by atoms with Crippen LogP contribution in [0.25, 0.3) is 0 Å². The first kappa shape index (κ1) is 12.0. The van der Waals surface area contributed by atoms with E-state index in [9.17, 15) is 20.0 Å². The number of para-hydroxylation sites is 1. The molecule has 2 rings (SSSR count). The Hall–Kier alpha value is -1.47. The lowest BCUT2D eigenvalue weighted by Crippen LogP contribution is -2.26. The van der Waals surface area contributed by atoms with Crippen molar-refractivity contribution in [1.82, 2.24) is 0 Å². The molecule has 7 heteroatoms. The normalized spacial score (nSPS) is 19.8. The lowest BCUT2D eigenvalue weighted by molar-refractivity contribution is -0.384. The summed E-state index contributed by atoms with van der Waals surface area (Å²) in [6.45, 7) is 0.0934. The van der Waals surface area contributed by atoms with Crippen LogP contribution < -0.4 is 4.90 Å². The number of hydrogen-bond acceptors (Lipinski definition) is 4. The van der Waals surface area contributed by atoms with Crippen LogP contribution in [0.2, 0.25) is 0 Å². The van der Waals surface area contributed by atoms with Crippen molar-refractivity contribution >= 4 is 33.2 Å². The average molecular weight is 301 g/mol. The highest BCUT2D eigenvalue weighted by Gasteiger charge is 2.33.